The monoisotopic (exact) mass is 511 g/mol. The number of morpholine rings is 1. The molecule has 2 N–H and O–H groups in total. The lowest BCUT2D eigenvalue weighted by atomic mass is 10.2. The number of nitrogens with one attached hydrogen (secondary N) is 2. The summed E-state index contributed by atoms with van der Waals surface area (Å²) in [4.78, 5) is 39.8. The number of hydrogen-bond acceptors (Lipinski definition) is 9. The zero-order valence-electron chi connectivity index (χ0n) is 21.0. The number of imidazole rings is 1. The number of ether oxygens (including phenoxy) is 1. The number of rotatable bonds is 6. The van der Waals surface area contributed by atoms with Crippen LogP contribution in [0.25, 0.3) is 22.4 Å². The van der Waals surface area contributed by atoms with Gasteiger partial charge >= 0.3 is 0 Å². The third kappa shape index (κ3) is 4.88. The summed E-state index contributed by atoms with van der Waals surface area (Å²) in [6, 6.07) is 10.0. The van der Waals surface area contributed by atoms with Crippen LogP contribution in [0, 0.1) is 0 Å². The lowest BCUT2D eigenvalue weighted by molar-refractivity contribution is -0.126. The van der Waals surface area contributed by atoms with Crippen LogP contribution in [-0.2, 0) is 9.53 Å². The summed E-state index contributed by atoms with van der Waals surface area (Å²) in [6.07, 6.45) is 6.73. The van der Waals surface area contributed by atoms with Crippen molar-refractivity contribution in [1.29, 1.82) is 0 Å². The zero-order chi connectivity index (χ0) is 25.9. The Morgan fingerprint density at radius 2 is 1.66 bits per heavy atom. The first-order valence-electron chi connectivity index (χ1n) is 12.7. The first-order valence-corrected chi connectivity index (χ1v) is 12.7. The summed E-state index contributed by atoms with van der Waals surface area (Å²) in [5.74, 6) is 2.32. The number of aromatic nitrogens is 5. The van der Waals surface area contributed by atoms with Crippen LogP contribution in [0.2, 0.25) is 0 Å². The van der Waals surface area contributed by atoms with Gasteiger partial charge in [0, 0.05) is 56.7 Å². The molecule has 2 aliphatic heterocycles. The van der Waals surface area contributed by atoms with Crippen molar-refractivity contribution in [2.75, 3.05) is 67.6 Å². The average Bonchev–Trinajstić information content (AvgIpc) is 3.43. The fraction of sp³-hybridized carbons (Fsp3) is 0.296. The molecule has 1 aromatic carbocycles. The fourth-order valence-corrected chi connectivity index (χ4v) is 4.75. The summed E-state index contributed by atoms with van der Waals surface area (Å²) in [7, 11) is 0. The number of hydrogen-bond donors (Lipinski definition) is 2. The van der Waals surface area contributed by atoms with Crippen LogP contribution in [0.4, 0.5) is 23.1 Å². The number of amides is 1. The number of pyridine rings is 1. The maximum absolute atomic E-state index is 11.8. The van der Waals surface area contributed by atoms with E-state index in [1.807, 2.05) is 36.5 Å². The summed E-state index contributed by atoms with van der Waals surface area (Å²) >= 11 is 0. The van der Waals surface area contributed by atoms with Crippen molar-refractivity contribution >= 4 is 40.1 Å². The highest BCUT2D eigenvalue weighted by atomic mass is 16.5. The van der Waals surface area contributed by atoms with Gasteiger partial charge in [-0.1, -0.05) is 6.58 Å². The van der Waals surface area contributed by atoms with Crippen LogP contribution in [0.15, 0.2) is 61.6 Å². The van der Waals surface area contributed by atoms with Crippen LogP contribution >= 0.6 is 0 Å². The van der Waals surface area contributed by atoms with Crippen molar-refractivity contribution in [2.24, 2.45) is 0 Å². The summed E-state index contributed by atoms with van der Waals surface area (Å²) in [5.41, 5.74) is 4.54. The number of carbonyl (C=O) groups is 1. The lowest BCUT2D eigenvalue weighted by Gasteiger charge is -2.34. The molecule has 0 atom stereocenters. The van der Waals surface area contributed by atoms with Gasteiger partial charge < -0.3 is 29.7 Å². The second-order valence-electron chi connectivity index (χ2n) is 9.21. The predicted molar refractivity (Wildman–Crippen MR) is 147 cm³/mol. The first-order chi connectivity index (χ1) is 18.7. The highest BCUT2D eigenvalue weighted by molar-refractivity contribution is 5.89. The predicted octanol–water partition coefficient (Wildman–Crippen LogP) is 2.83. The molecule has 3 aromatic heterocycles. The molecule has 0 spiro atoms. The third-order valence-electron chi connectivity index (χ3n) is 6.83. The second kappa shape index (κ2) is 10.5. The fourth-order valence-electron chi connectivity index (χ4n) is 4.75. The molecule has 0 bridgehead atoms. The van der Waals surface area contributed by atoms with E-state index in [2.05, 4.69) is 41.6 Å². The van der Waals surface area contributed by atoms with Gasteiger partial charge in [0.25, 0.3) is 0 Å². The van der Waals surface area contributed by atoms with Gasteiger partial charge in [-0.25, -0.2) is 19.9 Å². The molecule has 0 radical (unpaired) electrons. The molecule has 11 nitrogen and oxygen atoms in total. The summed E-state index contributed by atoms with van der Waals surface area (Å²) in [6.45, 7) is 9.24. The Labute approximate surface area is 220 Å². The van der Waals surface area contributed by atoms with E-state index in [4.69, 9.17) is 9.72 Å². The molecular formula is C27H29N9O2. The molecule has 0 unspecified atom stereocenters. The molecule has 6 rings (SSSR count). The van der Waals surface area contributed by atoms with Gasteiger partial charge in [0.15, 0.2) is 5.82 Å². The molecule has 2 aliphatic rings. The van der Waals surface area contributed by atoms with Crippen molar-refractivity contribution in [2.45, 2.75) is 0 Å². The molecule has 11 heteroatoms. The molecular weight excluding hydrogens is 482 g/mol. The molecule has 0 saturated carbocycles. The number of anilines is 4. The maximum atomic E-state index is 11.8. The van der Waals surface area contributed by atoms with Crippen LogP contribution in [-0.4, -0.2) is 88.2 Å². The SMILES string of the molecule is C=CC(=O)N1CCN(c2ncc(Nc3ccc(-c4nc5c(N6CCOCC6)nccc5[nH]4)cc3)cn2)CC1. The highest BCUT2D eigenvalue weighted by Gasteiger charge is 2.21. The third-order valence-corrected chi connectivity index (χ3v) is 6.83. The molecule has 0 aliphatic carbocycles. The minimum atomic E-state index is -0.0359. The van der Waals surface area contributed by atoms with Crippen LogP contribution < -0.4 is 15.1 Å². The van der Waals surface area contributed by atoms with E-state index in [0.29, 0.717) is 45.3 Å². The van der Waals surface area contributed by atoms with E-state index in [0.717, 1.165) is 52.7 Å². The summed E-state index contributed by atoms with van der Waals surface area (Å²) in [5, 5.41) is 3.35. The van der Waals surface area contributed by atoms with Gasteiger partial charge in [-0.2, -0.15) is 0 Å². The molecule has 2 fully saturated rings. The quantitative estimate of drug-likeness (QED) is 0.377. The minimum absolute atomic E-state index is 0.0359. The second-order valence-corrected chi connectivity index (χ2v) is 9.21. The van der Waals surface area contributed by atoms with Gasteiger partial charge in [0.2, 0.25) is 11.9 Å². The maximum Gasteiger partial charge on any atom is 0.246 e. The van der Waals surface area contributed by atoms with Gasteiger partial charge in [-0.15, -0.1) is 0 Å². The molecule has 4 aromatic rings. The number of fused-ring (bicyclic) bond motifs is 1. The summed E-state index contributed by atoms with van der Waals surface area (Å²) < 4.78 is 5.48. The Morgan fingerprint density at radius 3 is 2.37 bits per heavy atom. The van der Waals surface area contributed by atoms with E-state index in [1.54, 1.807) is 17.3 Å². The van der Waals surface area contributed by atoms with Crippen molar-refractivity contribution in [3.63, 3.8) is 0 Å². The standard InChI is InChI=1S/C27H29N9O2/c1-2-23(37)34-9-11-36(12-10-34)27-29-17-21(18-30-27)31-20-5-3-19(4-6-20)25-32-22-7-8-28-26(24(22)33-25)35-13-15-38-16-14-35/h2-8,17-18,31H,1,9-16H2,(H,32,33). The largest absolute Gasteiger partial charge is 0.378 e. The van der Waals surface area contributed by atoms with Crippen molar-refractivity contribution in [3.05, 3.63) is 61.6 Å². The van der Waals surface area contributed by atoms with E-state index in [-0.39, 0.29) is 5.91 Å². The molecule has 2 saturated heterocycles. The Hall–Kier alpha value is -4.51. The van der Waals surface area contributed by atoms with E-state index < -0.39 is 0 Å². The van der Waals surface area contributed by atoms with E-state index >= 15 is 0 Å². The van der Waals surface area contributed by atoms with Crippen molar-refractivity contribution < 1.29 is 9.53 Å². The van der Waals surface area contributed by atoms with E-state index in [9.17, 15) is 4.79 Å². The highest BCUT2D eigenvalue weighted by Crippen LogP contribution is 2.28. The van der Waals surface area contributed by atoms with Gasteiger partial charge in [0.05, 0.1) is 36.8 Å². The number of benzene rings is 1. The van der Waals surface area contributed by atoms with E-state index in [1.165, 1.54) is 6.08 Å². The number of aromatic amines is 1. The Bertz CT molecular complexity index is 1420. The van der Waals surface area contributed by atoms with Gasteiger partial charge in [-0.05, 0) is 36.4 Å². The number of nitrogens with zero attached hydrogens (tertiary/aromatic N) is 7. The smallest absolute Gasteiger partial charge is 0.246 e. The topological polar surface area (TPSA) is 115 Å². The van der Waals surface area contributed by atoms with Gasteiger partial charge in [-0.3, -0.25) is 4.79 Å². The van der Waals surface area contributed by atoms with Crippen molar-refractivity contribution in [1.82, 2.24) is 29.8 Å². The molecule has 5 heterocycles. The minimum Gasteiger partial charge on any atom is -0.378 e. The van der Waals surface area contributed by atoms with Crippen molar-refractivity contribution in [3.8, 4) is 11.4 Å². The average molecular weight is 512 g/mol. The molecule has 38 heavy (non-hydrogen) atoms. The van der Waals surface area contributed by atoms with Crippen LogP contribution in [0.1, 0.15) is 0 Å². The number of piperazine rings is 1. The number of carbonyl (C=O) groups excluding carboxylic acids is 1. The van der Waals surface area contributed by atoms with Crippen LogP contribution in [0.5, 0.6) is 0 Å². The van der Waals surface area contributed by atoms with Crippen LogP contribution in [0.3, 0.4) is 0 Å². The lowest BCUT2D eigenvalue weighted by Crippen LogP contribution is -2.48. The molecule has 1 amide bonds. The molecule has 194 valence electrons. The Balaban J connectivity index is 1.11. The van der Waals surface area contributed by atoms with Gasteiger partial charge in [0.1, 0.15) is 11.3 Å². The first kappa shape index (κ1) is 23.9. The normalized spacial score (nSPS) is 16.1. The Morgan fingerprint density at radius 1 is 0.921 bits per heavy atom. The Kier molecular flexibility index (Phi) is 6.57. The number of H-pyrrole nitrogens is 1. The zero-order valence-corrected chi connectivity index (χ0v) is 21.0.